The molecule has 1 amide bonds. The van der Waals surface area contributed by atoms with Gasteiger partial charge >= 0.3 is 0 Å². The highest BCUT2D eigenvalue weighted by Crippen LogP contribution is 2.28. The maximum absolute atomic E-state index is 10.7. The van der Waals surface area contributed by atoms with E-state index in [0.717, 1.165) is 24.4 Å². The molecule has 2 unspecified atom stereocenters. The van der Waals surface area contributed by atoms with Gasteiger partial charge < -0.3 is 15.4 Å². The summed E-state index contributed by atoms with van der Waals surface area (Å²) in [5, 5.41) is 6.27. The summed E-state index contributed by atoms with van der Waals surface area (Å²) in [7, 11) is 0. The lowest BCUT2D eigenvalue weighted by Crippen LogP contribution is -2.37. The van der Waals surface area contributed by atoms with Crippen molar-refractivity contribution < 1.29 is 9.53 Å². The molecule has 1 fully saturated rings. The summed E-state index contributed by atoms with van der Waals surface area (Å²) in [4.78, 5) is 11.6. The Morgan fingerprint density at radius 3 is 2.74 bits per heavy atom. The number of carbonyl (C=O) groups is 1. The summed E-state index contributed by atoms with van der Waals surface area (Å²) < 4.78 is 5.74. The largest absolute Gasteiger partial charge is 0.377 e. The molecule has 1 aliphatic heterocycles. The number of nitrogens with one attached hydrogen (secondary N) is 2. The predicted octanol–water partition coefficient (Wildman–Crippen LogP) is 2.08. The van der Waals surface area contributed by atoms with E-state index in [1.54, 1.807) is 0 Å². The van der Waals surface area contributed by atoms with Crippen LogP contribution in [0.5, 0.6) is 0 Å². The standard InChI is InChI=1S/C13H24N2O2S2/c1-3-11(19-12-6-4-5-9-17-12)13(18)15-8-7-14-10(2)16/h11-12H,3-9H2,1-2H3,(H,14,16)(H,15,18). The Kier molecular flexibility index (Phi) is 8.41. The maximum Gasteiger partial charge on any atom is 0.216 e. The molecule has 0 aliphatic carbocycles. The Bertz CT molecular complexity index is 294. The minimum absolute atomic E-state index is 0.00950. The van der Waals surface area contributed by atoms with Gasteiger partial charge in [-0.25, -0.2) is 0 Å². The molecule has 0 aromatic rings. The quantitative estimate of drug-likeness (QED) is 0.557. The molecule has 0 bridgehead atoms. The lowest BCUT2D eigenvalue weighted by molar-refractivity contribution is -0.118. The van der Waals surface area contributed by atoms with E-state index in [4.69, 9.17) is 17.0 Å². The summed E-state index contributed by atoms with van der Waals surface area (Å²) in [5.74, 6) is -0.00950. The lowest BCUT2D eigenvalue weighted by atomic mass is 10.2. The molecule has 1 rings (SSSR count). The molecule has 2 N–H and O–H groups in total. The van der Waals surface area contributed by atoms with Crippen molar-refractivity contribution in [3.05, 3.63) is 0 Å². The fourth-order valence-corrected chi connectivity index (χ4v) is 3.56. The van der Waals surface area contributed by atoms with E-state index in [-0.39, 0.29) is 11.3 Å². The molecule has 110 valence electrons. The summed E-state index contributed by atoms with van der Waals surface area (Å²) in [6.45, 7) is 5.82. The Balaban J connectivity index is 2.24. The molecular weight excluding hydrogens is 280 g/mol. The molecule has 0 spiro atoms. The summed E-state index contributed by atoms with van der Waals surface area (Å²) in [5.41, 5.74) is 0.286. The van der Waals surface area contributed by atoms with E-state index >= 15 is 0 Å². The Morgan fingerprint density at radius 2 is 2.16 bits per heavy atom. The molecule has 0 aromatic carbocycles. The third kappa shape index (κ3) is 7.13. The second-order valence-electron chi connectivity index (χ2n) is 4.60. The third-order valence-corrected chi connectivity index (χ3v) is 5.07. The average Bonchev–Trinajstić information content (AvgIpc) is 2.41. The highest BCUT2D eigenvalue weighted by Gasteiger charge is 2.21. The first-order chi connectivity index (χ1) is 9.13. The normalized spacial score (nSPS) is 20.6. The average molecular weight is 304 g/mol. The number of thiocarbonyl (C=S) groups is 1. The predicted molar refractivity (Wildman–Crippen MR) is 84.5 cm³/mol. The van der Waals surface area contributed by atoms with Crippen molar-refractivity contribution in [1.82, 2.24) is 10.6 Å². The van der Waals surface area contributed by atoms with Crippen molar-refractivity contribution in [1.29, 1.82) is 0 Å². The molecule has 1 saturated heterocycles. The number of thioether (sulfide) groups is 1. The van der Waals surface area contributed by atoms with Gasteiger partial charge in [0, 0.05) is 26.6 Å². The van der Waals surface area contributed by atoms with Crippen molar-refractivity contribution in [2.75, 3.05) is 19.7 Å². The van der Waals surface area contributed by atoms with Crippen LogP contribution < -0.4 is 10.6 Å². The second-order valence-corrected chi connectivity index (χ2v) is 6.41. The van der Waals surface area contributed by atoms with Gasteiger partial charge in [-0.15, -0.1) is 11.8 Å². The van der Waals surface area contributed by atoms with Crippen molar-refractivity contribution in [2.24, 2.45) is 0 Å². The van der Waals surface area contributed by atoms with Gasteiger partial charge in [-0.1, -0.05) is 19.1 Å². The molecule has 0 saturated carbocycles. The first-order valence-corrected chi connectivity index (χ1v) is 8.27. The number of carbonyl (C=O) groups excluding carboxylic acids is 1. The molecule has 0 aromatic heterocycles. The van der Waals surface area contributed by atoms with Crippen LogP contribution in [-0.2, 0) is 9.53 Å². The Morgan fingerprint density at radius 1 is 1.42 bits per heavy atom. The highest BCUT2D eigenvalue weighted by molar-refractivity contribution is 8.02. The van der Waals surface area contributed by atoms with Gasteiger partial charge in [0.15, 0.2) is 0 Å². The highest BCUT2D eigenvalue weighted by atomic mass is 32.2. The number of hydrogen-bond donors (Lipinski definition) is 2. The van der Waals surface area contributed by atoms with Crippen molar-refractivity contribution in [2.45, 2.75) is 50.2 Å². The third-order valence-electron chi connectivity index (χ3n) is 2.92. The van der Waals surface area contributed by atoms with E-state index in [1.165, 1.54) is 19.8 Å². The van der Waals surface area contributed by atoms with Gasteiger partial charge in [-0.2, -0.15) is 0 Å². The zero-order valence-corrected chi connectivity index (χ0v) is 13.4. The van der Waals surface area contributed by atoms with E-state index in [2.05, 4.69) is 17.6 Å². The van der Waals surface area contributed by atoms with E-state index in [9.17, 15) is 4.79 Å². The van der Waals surface area contributed by atoms with E-state index < -0.39 is 0 Å². The second kappa shape index (κ2) is 9.55. The fraction of sp³-hybridized carbons (Fsp3) is 0.846. The SMILES string of the molecule is CCC(SC1CCCCO1)C(=S)NCCNC(C)=O. The van der Waals surface area contributed by atoms with Crippen molar-refractivity contribution in [3.8, 4) is 0 Å². The first-order valence-electron chi connectivity index (χ1n) is 6.92. The van der Waals surface area contributed by atoms with Crippen molar-refractivity contribution in [3.63, 3.8) is 0 Å². The van der Waals surface area contributed by atoms with Crippen LogP contribution in [0.25, 0.3) is 0 Å². The number of hydrogen-bond acceptors (Lipinski definition) is 4. The zero-order chi connectivity index (χ0) is 14.1. The summed E-state index contributed by atoms with van der Waals surface area (Å²) in [6.07, 6.45) is 4.54. The van der Waals surface area contributed by atoms with E-state index in [1.807, 2.05) is 11.8 Å². The minimum atomic E-state index is -0.00950. The van der Waals surface area contributed by atoms with Crippen LogP contribution >= 0.6 is 24.0 Å². The zero-order valence-electron chi connectivity index (χ0n) is 11.7. The van der Waals surface area contributed by atoms with Gasteiger partial charge in [0.2, 0.25) is 5.91 Å². The molecule has 4 nitrogen and oxygen atoms in total. The number of ether oxygens (including phenoxy) is 1. The van der Waals surface area contributed by atoms with Gasteiger partial charge in [0.05, 0.1) is 10.2 Å². The van der Waals surface area contributed by atoms with Crippen molar-refractivity contribution >= 4 is 34.9 Å². The number of amides is 1. The van der Waals surface area contributed by atoms with Gasteiger partial charge in [0.25, 0.3) is 0 Å². The van der Waals surface area contributed by atoms with Crippen LogP contribution in [-0.4, -0.2) is 41.3 Å². The van der Waals surface area contributed by atoms with Gasteiger partial charge in [-0.3, -0.25) is 4.79 Å². The van der Waals surface area contributed by atoms with Crippen LogP contribution in [0.1, 0.15) is 39.5 Å². The molecule has 1 heterocycles. The summed E-state index contributed by atoms with van der Waals surface area (Å²) >= 11 is 7.25. The molecule has 19 heavy (non-hydrogen) atoms. The van der Waals surface area contributed by atoms with Crippen LogP contribution in [0, 0.1) is 0 Å². The van der Waals surface area contributed by atoms with Gasteiger partial charge in [0.1, 0.15) is 5.44 Å². The van der Waals surface area contributed by atoms with Crippen LogP contribution in [0.15, 0.2) is 0 Å². The van der Waals surface area contributed by atoms with E-state index in [0.29, 0.717) is 18.3 Å². The Labute approximate surface area is 125 Å². The molecule has 1 aliphatic rings. The molecule has 6 heteroatoms. The summed E-state index contributed by atoms with van der Waals surface area (Å²) in [6, 6.07) is 0. The monoisotopic (exact) mass is 304 g/mol. The molecular formula is C13H24N2O2S2. The lowest BCUT2D eigenvalue weighted by Gasteiger charge is -2.26. The first kappa shape index (κ1) is 16.7. The van der Waals surface area contributed by atoms with Gasteiger partial charge in [-0.05, 0) is 25.7 Å². The topological polar surface area (TPSA) is 50.4 Å². The maximum atomic E-state index is 10.7. The smallest absolute Gasteiger partial charge is 0.216 e. The molecule has 0 radical (unpaired) electrons. The fourth-order valence-electron chi connectivity index (χ4n) is 1.88. The Hall–Kier alpha value is -0.330. The molecule has 2 atom stereocenters. The van der Waals surface area contributed by atoms with Crippen LogP contribution in [0.4, 0.5) is 0 Å². The van der Waals surface area contributed by atoms with Crippen LogP contribution in [0.2, 0.25) is 0 Å². The van der Waals surface area contributed by atoms with Crippen LogP contribution in [0.3, 0.4) is 0 Å². The minimum Gasteiger partial charge on any atom is -0.377 e. The number of rotatable bonds is 7.